The first-order valence-electron chi connectivity index (χ1n) is 35.0. The highest BCUT2D eigenvalue weighted by molar-refractivity contribution is 6.15. The summed E-state index contributed by atoms with van der Waals surface area (Å²) in [5, 5.41) is 10.1. The predicted octanol–water partition coefficient (Wildman–Crippen LogP) is 25.4. The molecule has 4 heteroatoms. The highest BCUT2D eigenvalue weighted by Gasteiger charge is 2.37. The van der Waals surface area contributed by atoms with Gasteiger partial charge in [0.2, 0.25) is 0 Å². The van der Waals surface area contributed by atoms with E-state index < -0.39 is 0 Å². The standard InChI is InChI=1S/C51H36N2.C45H32N2/c1-51(2)45-20-9-6-17-39(45)40-26-25-38(32-46(40)51)53-48-22-11-8-19-42(48)44-31-36(24-28-50(44)53)35-23-27-49-43(30-35)41-18-7-10-21-47(41)52(49)37-16-12-15-34(29-37)33-13-4-3-5-14-33;1-45(2)39-17-9-6-14-33(39)34-23-22-32(28-40(34)45)47-42-19-11-8-16-36(42)38-27-30(21-25-44(38)47)29-20-24-43-37(26-29)35-15-7-10-18-41(35)46(43)31-12-4-3-5-13-31/h3-32H,1-2H3;3-28H,1-2H3. The molecule has 0 amide bonds. The fourth-order valence-corrected chi connectivity index (χ4v) is 17.4. The third-order valence-corrected chi connectivity index (χ3v) is 22.2. The second-order valence-corrected chi connectivity index (χ2v) is 28.4. The van der Waals surface area contributed by atoms with E-state index in [1.54, 1.807) is 0 Å². The fraction of sp³-hybridized carbons (Fsp3) is 0.0625. The average molecular weight is 1280 g/mol. The third kappa shape index (κ3) is 8.66. The van der Waals surface area contributed by atoms with Crippen molar-refractivity contribution in [2.45, 2.75) is 38.5 Å². The molecule has 0 radical (unpaired) electrons. The zero-order valence-electron chi connectivity index (χ0n) is 56.1. The lowest BCUT2D eigenvalue weighted by Gasteiger charge is -2.22. The zero-order chi connectivity index (χ0) is 66.5. The van der Waals surface area contributed by atoms with Gasteiger partial charge in [0.1, 0.15) is 0 Å². The summed E-state index contributed by atoms with van der Waals surface area (Å²) < 4.78 is 9.69. The maximum atomic E-state index is 2.45. The summed E-state index contributed by atoms with van der Waals surface area (Å²) in [6.07, 6.45) is 0. The maximum Gasteiger partial charge on any atom is 0.0541 e. The van der Waals surface area contributed by atoms with Crippen molar-refractivity contribution in [2.24, 2.45) is 0 Å². The van der Waals surface area contributed by atoms with Crippen LogP contribution < -0.4 is 0 Å². The monoisotopic (exact) mass is 1280 g/mol. The van der Waals surface area contributed by atoms with Gasteiger partial charge >= 0.3 is 0 Å². The summed E-state index contributed by atoms with van der Waals surface area (Å²) in [6.45, 7) is 9.42. The highest BCUT2D eigenvalue weighted by atomic mass is 15.0. The van der Waals surface area contributed by atoms with Gasteiger partial charge in [-0.25, -0.2) is 0 Å². The number of fused-ring (bicyclic) bond motifs is 18. The summed E-state index contributed by atoms with van der Waals surface area (Å²) in [5.41, 5.74) is 32.7. The molecular formula is C96H68N4. The normalized spacial score (nSPS) is 13.4. The van der Waals surface area contributed by atoms with Crippen LogP contribution in [0.4, 0.5) is 0 Å². The molecule has 15 aromatic carbocycles. The Bertz CT molecular complexity index is 6580. The van der Waals surface area contributed by atoms with Crippen molar-refractivity contribution in [2.75, 3.05) is 0 Å². The molecule has 0 aliphatic heterocycles. The quantitative estimate of drug-likeness (QED) is 0.152. The molecule has 0 saturated heterocycles. The van der Waals surface area contributed by atoms with Crippen LogP contribution in [-0.4, -0.2) is 18.3 Å². The van der Waals surface area contributed by atoms with Crippen LogP contribution in [0.3, 0.4) is 0 Å². The van der Waals surface area contributed by atoms with Crippen molar-refractivity contribution in [1.29, 1.82) is 0 Å². The number of hydrogen-bond acceptors (Lipinski definition) is 0. The predicted molar refractivity (Wildman–Crippen MR) is 422 cm³/mol. The molecule has 0 fully saturated rings. The second-order valence-electron chi connectivity index (χ2n) is 28.4. The average Bonchev–Trinajstić information content (AvgIpc) is 1.58. The Morgan fingerprint density at radius 1 is 0.170 bits per heavy atom. The van der Waals surface area contributed by atoms with Crippen molar-refractivity contribution in [3.63, 3.8) is 0 Å². The molecule has 19 aromatic rings. The molecule has 0 saturated carbocycles. The van der Waals surface area contributed by atoms with Gasteiger partial charge < -0.3 is 18.3 Å². The van der Waals surface area contributed by atoms with E-state index in [0.29, 0.717) is 0 Å². The van der Waals surface area contributed by atoms with E-state index in [-0.39, 0.29) is 10.8 Å². The van der Waals surface area contributed by atoms with Crippen LogP contribution in [0, 0.1) is 0 Å². The third-order valence-electron chi connectivity index (χ3n) is 22.2. The van der Waals surface area contributed by atoms with E-state index in [1.807, 2.05) is 0 Å². The van der Waals surface area contributed by atoms with Crippen LogP contribution in [0.15, 0.2) is 340 Å². The molecule has 2 aliphatic rings. The summed E-state index contributed by atoms with van der Waals surface area (Å²) in [6, 6.07) is 125. The SMILES string of the molecule is CC1(C)c2ccccc2-c2ccc(-n3c4ccccc4c4cc(-c5ccc6c(c5)c5ccccc5n6-c5cccc(-c6ccccc6)c5)ccc43)cc21.CC1(C)c2ccccc2-c2ccc(-n3c4ccccc4c4cc(-c5ccc6c(c5)c5ccccc5n6-c5ccccc5)ccc43)cc21. The van der Waals surface area contributed by atoms with E-state index in [1.165, 1.54) is 188 Å². The Labute approximate surface area is 580 Å². The number of para-hydroxylation sites is 5. The fourth-order valence-electron chi connectivity index (χ4n) is 17.4. The molecule has 0 N–H and O–H groups in total. The Balaban J connectivity index is 0.000000136. The molecule has 0 atom stereocenters. The Morgan fingerprint density at radius 2 is 0.450 bits per heavy atom. The maximum absolute atomic E-state index is 2.45. The van der Waals surface area contributed by atoms with Crippen molar-refractivity contribution in [1.82, 2.24) is 18.3 Å². The van der Waals surface area contributed by atoms with Crippen molar-refractivity contribution in [3.8, 4) is 78.4 Å². The molecule has 0 bridgehead atoms. The molecule has 4 heterocycles. The van der Waals surface area contributed by atoms with E-state index >= 15 is 0 Å². The highest BCUT2D eigenvalue weighted by Crippen LogP contribution is 2.52. The Hall–Kier alpha value is -12.5. The Kier molecular flexibility index (Phi) is 12.7. The van der Waals surface area contributed by atoms with Crippen molar-refractivity contribution < 1.29 is 0 Å². The van der Waals surface area contributed by atoms with Gasteiger partial charge in [-0.2, -0.15) is 0 Å². The number of aromatic nitrogens is 4. The van der Waals surface area contributed by atoms with Gasteiger partial charge in [0, 0.05) is 76.7 Å². The molecule has 4 nitrogen and oxygen atoms in total. The molecule has 2 aliphatic carbocycles. The number of rotatable bonds is 7. The molecule has 472 valence electrons. The number of nitrogens with zero attached hydrogens (tertiary/aromatic N) is 4. The minimum Gasteiger partial charge on any atom is -0.309 e. The van der Waals surface area contributed by atoms with Crippen LogP contribution in [0.2, 0.25) is 0 Å². The van der Waals surface area contributed by atoms with E-state index in [4.69, 9.17) is 0 Å². The molecular weight excluding hydrogens is 1210 g/mol. The molecule has 4 aromatic heterocycles. The van der Waals surface area contributed by atoms with Gasteiger partial charge in [0.05, 0.1) is 44.1 Å². The molecule has 21 rings (SSSR count). The zero-order valence-corrected chi connectivity index (χ0v) is 56.1. The first-order chi connectivity index (χ1) is 49.1. The smallest absolute Gasteiger partial charge is 0.0541 e. The van der Waals surface area contributed by atoms with E-state index in [9.17, 15) is 0 Å². The first-order valence-corrected chi connectivity index (χ1v) is 35.0. The lowest BCUT2D eigenvalue weighted by Crippen LogP contribution is -2.15. The first kappa shape index (κ1) is 57.7. The summed E-state index contributed by atoms with van der Waals surface area (Å²) in [7, 11) is 0. The topological polar surface area (TPSA) is 19.7 Å². The van der Waals surface area contributed by atoms with Crippen LogP contribution in [-0.2, 0) is 10.8 Å². The molecule has 100 heavy (non-hydrogen) atoms. The van der Waals surface area contributed by atoms with E-state index in [0.717, 1.165) is 0 Å². The largest absolute Gasteiger partial charge is 0.309 e. The lowest BCUT2D eigenvalue weighted by atomic mass is 9.82. The van der Waals surface area contributed by atoms with Gasteiger partial charge in [-0.3, -0.25) is 0 Å². The number of benzene rings is 15. The van der Waals surface area contributed by atoms with Gasteiger partial charge in [0.15, 0.2) is 0 Å². The second kappa shape index (κ2) is 22.0. The molecule has 0 spiro atoms. The minimum atomic E-state index is -0.0552. The van der Waals surface area contributed by atoms with Gasteiger partial charge in [-0.1, -0.05) is 246 Å². The minimum absolute atomic E-state index is 0.0455. The molecule has 0 unspecified atom stereocenters. The van der Waals surface area contributed by atoms with Crippen LogP contribution in [0.25, 0.3) is 166 Å². The Morgan fingerprint density at radius 3 is 0.850 bits per heavy atom. The van der Waals surface area contributed by atoms with Crippen LogP contribution in [0.1, 0.15) is 49.9 Å². The lowest BCUT2D eigenvalue weighted by molar-refractivity contribution is 0.660. The van der Waals surface area contributed by atoms with Gasteiger partial charge in [-0.15, -0.1) is 0 Å². The number of hydrogen-bond donors (Lipinski definition) is 0. The van der Waals surface area contributed by atoms with Crippen LogP contribution >= 0.6 is 0 Å². The van der Waals surface area contributed by atoms with Crippen molar-refractivity contribution >= 4 is 87.2 Å². The summed E-state index contributed by atoms with van der Waals surface area (Å²) in [5.74, 6) is 0. The van der Waals surface area contributed by atoms with Gasteiger partial charge in [0.25, 0.3) is 0 Å². The van der Waals surface area contributed by atoms with Crippen molar-refractivity contribution in [3.05, 3.63) is 362 Å². The van der Waals surface area contributed by atoms with Crippen LogP contribution in [0.5, 0.6) is 0 Å². The summed E-state index contributed by atoms with van der Waals surface area (Å²) >= 11 is 0. The van der Waals surface area contributed by atoms with Gasteiger partial charge in [-0.05, 0) is 199 Å². The van der Waals surface area contributed by atoms with E-state index in [2.05, 4.69) is 386 Å². The summed E-state index contributed by atoms with van der Waals surface area (Å²) in [4.78, 5) is 0.